The van der Waals surface area contributed by atoms with Gasteiger partial charge in [0, 0.05) is 25.1 Å². The van der Waals surface area contributed by atoms with Crippen LogP contribution in [0.4, 0.5) is 5.69 Å². The van der Waals surface area contributed by atoms with E-state index in [1.165, 1.54) is 12.1 Å². The predicted octanol–water partition coefficient (Wildman–Crippen LogP) is 2.19. The summed E-state index contributed by atoms with van der Waals surface area (Å²) in [4.78, 5) is 22.0. The monoisotopic (exact) mass is 294 g/mol. The van der Waals surface area contributed by atoms with Gasteiger partial charge in [0.2, 0.25) is 5.91 Å². The molecule has 0 aliphatic carbocycles. The Morgan fingerprint density at radius 3 is 2.62 bits per heavy atom. The molecule has 0 unspecified atom stereocenters. The van der Waals surface area contributed by atoms with Crippen molar-refractivity contribution < 1.29 is 14.8 Å². The summed E-state index contributed by atoms with van der Waals surface area (Å²) in [5.74, 6) is -0.165. The zero-order chi connectivity index (χ0) is 15.9. The van der Waals surface area contributed by atoms with Gasteiger partial charge >= 0.3 is 0 Å². The molecule has 21 heavy (non-hydrogen) atoms. The first-order chi connectivity index (χ1) is 9.90. The van der Waals surface area contributed by atoms with Crippen molar-refractivity contribution in [1.29, 1.82) is 0 Å². The Bertz CT molecular complexity index is 498. The SMILES string of the molecule is CCC(O)(CC)CNC(=O)CCc1cccc([N+](=O)[O-])c1. The second kappa shape index (κ2) is 7.73. The highest BCUT2D eigenvalue weighted by atomic mass is 16.6. The Hall–Kier alpha value is -1.95. The summed E-state index contributed by atoms with van der Waals surface area (Å²) >= 11 is 0. The Morgan fingerprint density at radius 2 is 2.05 bits per heavy atom. The molecule has 1 aromatic rings. The predicted molar refractivity (Wildman–Crippen MR) is 80.0 cm³/mol. The molecule has 0 bridgehead atoms. The maximum atomic E-state index is 11.8. The highest BCUT2D eigenvalue weighted by Crippen LogP contribution is 2.15. The van der Waals surface area contributed by atoms with Crippen molar-refractivity contribution in [2.24, 2.45) is 0 Å². The molecule has 116 valence electrons. The standard InChI is InChI=1S/C15H22N2O4/c1-3-15(19,4-2)11-16-14(18)9-8-12-6-5-7-13(10-12)17(20)21/h5-7,10,19H,3-4,8-9,11H2,1-2H3,(H,16,18). The lowest BCUT2D eigenvalue weighted by Crippen LogP contribution is -2.42. The fourth-order valence-corrected chi connectivity index (χ4v) is 1.93. The van der Waals surface area contributed by atoms with Crippen LogP contribution >= 0.6 is 0 Å². The van der Waals surface area contributed by atoms with Gasteiger partial charge in [0.15, 0.2) is 0 Å². The van der Waals surface area contributed by atoms with Crippen LogP contribution in [0.25, 0.3) is 0 Å². The average molecular weight is 294 g/mol. The molecule has 0 heterocycles. The molecule has 0 aromatic heterocycles. The van der Waals surface area contributed by atoms with Crippen LogP contribution in [-0.4, -0.2) is 28.1 Å². The van der Waals surface area contributed by atoms with Crippen molar-refractivity contribution in [2.75, 3.05) is 6.54 Å². The van der Waals surface area contributed by atoms with Gasteiger partial charge in [0.25, 0.3) is 5.69 Å². The molecule has 1 rings (SSSR count). The largest absolute Gasteiger partial charge is 0.388 e. The molecule has 0 saturated heterocycles. The third-order valence-electron chi connectivity index (χ3n) is 3.69. The van der Waals surface area contributed by atoms with Crippen LogP contribution in [0.15, 0.2) is 24.3 Å². The zero-order valence-electron chi connectivity index (χ0n) is 12.5. The second-order valence-electron chi connectivity index (χ2n) is 5.14. The maximum Gasteiger partial charge on any atom is 0.269 e. The Balaban J connectivity index is 2.46. The van der Waals surface area contributed by atoms with Gasteiger partial charge in [-0.25, -0.2) is 0 Å². The number of nitrogens with zero attached hydrogens (tertiary/aromatic N) is 1. The van der Waals surface area contributed by atoms with Crippen molar-refractivity contribution in [3.8, 4) is 0 Å². The fraction of sp³-hybridized carbons (Fsp3) is 0.533. The number of hydrogen-bond acceptors (Lipinski definition) is 4. The topological polar surface area (TPSA) is 92.5 Å². The van der Waals surface area contributed by atoms with Crippen LogP contribution < -0.4 is 5.32 Å². The Morgan fingerprint density at radius 1 is 1.38 bits per heavy atom. The van der Waals surface area contributed by atoms with Crippen LogP contribution in [0.1, 0.15) is 38.7 Å². The number of amides is 1. The minimum atomic E-state index is -0.860. The van der Waals surface area contributed by atoms with E-state index >= 15 is 0 Å². The summed E-state index contributed by atoms with van der Waals surface area (Å²) in [5, 5.41) is 23.4. The summed E-state index contributed by atoms with van der Waals surface area (Å²) in [6.45, 7) is 3.98. The van der Waals surface area contributed by atoms with Crippen LogP contribution in [0.5, 0.6) is 0 Å². The Kier molecular flexibility index (Phi) is 6.30. The smallest absolute Gasteiger partial charge is 0.269 e. The van der Waals surface area contributed by atoms with E-state index in [2.05, 4.69) is 5.32 Å². The third-order valence-corrected chi connectivity index (χ3v) is 3.69. The van der Waals surface area contributed by atoms with E-state index in [9.17, 15) is 20.0 Å². The van der Waals surface area contributed by atoms with E-state index in [0.29, 0.717) is 19.3 Å². The lowest BCUT2D eigenvalue weighted by molar-refractivity contribution is -0.384. The second-order valence-corrected chi connectivity index (χ2v) is 5.14. The van der Waals surface area contributed by atoms with Crippen molar-refractivity contribution in [1.82, 2.24) is 5.32 Å². The normalized spacial score (nSPS) is 11.2. The molecule has 6 nitrogen and oxygen atoms in total. The quantitative estimate of drug-likeness (QED) is 0.568. The number of aliphatic hydroxyl groups is 1. The number of rotatable bonds is 8. The molecular formula is C15H22N2O4. The first kappa shape index (κ1) is 17.1. The van der Waals surface area contributed by atoms with Crippen LogP contribution in [-0.2, 0) is 11.2 Å². The summed E-state index contributed by atoms with van der Waals surface area (Å²) in [7, 11) is 0. The molecule has 1 amide bonds. The number of carbonyl (C=O) groups is 1. The minimum Gasteiger partial charge on any atom is -0.388 e. The van der Waals surface area contributed by atoms with Gasteiger partial charge in [0.1, 0.15) is 0 Å². The lowest BCUT2D eigenvalue weighted by Gasteiger charge is -2.25. The number of carbonyl (C=O) groups excluding carboxylic acids is 1. The van der Waals surface area contributed by atoms with Crippen LogP contribution in [0, 0.1) is 10.1 Å². The number of hydrogen-bond donors (Lipinski definition) is 2. The zero-order valence-corrected chi connectivity index (χ0v) is 12.5. The number of nitrogens with one attached hydrogen (secondary N) is 1. The molecular weight excluding hydrogens is 272 g/mol. The van der Waals surface area contributed by atoms with Gasteiger partial charge in [-0.15, -0.1) is 0 Å². The molecule has 2 N–H and O–H groups in total. The fourth-order valence-electron chi connectivity index (χ4n) is 1.93. The molecule has 6 heteroatoms. The van der Waals surface area contributed by atoms with E-state index < -0.39 is 10.5 Å². The molecule has 0 fully saturated rings. The molecule has 0 atom stereocenters. The van der Waals surface area contributed by atoms with E-state index in [1.54, 1.807) is 12.1 Å². The first-order valence-corrected chi connectivity index (χ1v) is 7.12. The number of benzene rings is 1. The molecule has 0 radical (unpaired) electrons. The summed E-state index contributed by atoms with van der Waals surface area (Å²) in [6, 6.07) is 6.26. The molecule has 0 saturated carbocycles. The molecule has 0 aliphatic heterocycles. The number of nitro benzene ring substituents is 1. The highest BCUT2D eigenvalue weighted by Gasteiger charge is 2.22. The van der Waals surface area contributed by atoms with Gasteiger partial charge in [-0.3, -0.25) is 14.9 Å². The molecule has 0 spiro atoms. The minimum absolute atomic E-state index is 0.0271. The summed E-state index contributed by atoms with van der Waals surface area (Å²) < 4.78 is 0. The van der Waals surface area contributed by atoms with Crippen LogP contribution in [0.2, 0.25) is 0 Å². The van der Waals surface area contributed by atoms with Crippen molar-refractivity contribution in [2.45, 2.75) is 45.1 Å². The summed E-state index contributed by atoms with van der Waals surface area (Å²) in [5.41, 5.74) is -0.0823. The van der Waals surface area contributed by atoms with Crippen molar-refractivity contribution in [3.05, 3.63) is 39.9 Å². The van der Waals surface area contributed by atoms with Gasteiger partial charge in [0.05, 0.1) is 10.5 Å². The number of non-ortho nitro benzene ring substituents is 1. The van der Waals surface area contributed by atoms with E-state index in [4.69, 9.17) is 0 Å². The van der Waals surface area contributed by atoms with Gasteiger partial charge in [-0.1, -0.05) is 26.0 Å². The highest BCUT2D eigenvalue weighted by molar-refractivity contribution is 5.76. The third kappa shape index (κ3) is 5.51. The number of nitro groups is 1. The first-order valence-electron chi connectivity index (χ1n) is 7.12. The van der Waals surface area contributed by atoms with Crippen molar-refractivity contribution >= 4 is 11.6 Å². The van der Waals surface area contributed by atoms with E-state index in [0.717, 1.165) is 5.56 Å². The van der Waals surface area contributed by atoms with Gasteiger partial charge < -0.3 is 10.4 Å². The van der Waals surface area contributed by atoms with Crippen molar-refractivity contribution in [3.63, 3.8) is 0 Å². The maximum absolute atomic E-state index is 11.8. The van der Waals surface area contributed by atoms with Gasteiger partial charge in [-0.2, -0.15) is 0 Å². The number of aryl methyl sites for hydroxylation is 1. The lowest BCUT2D eigenvalue weighted by atomic mass is 9.97. The average Bonchev–Trinajstić information content (AvgIpc) is 2.50. The molecule has 1 aromatic carbocycles. The van der Waals surface area contributed by atoms with E-state index in [-0.39, 0.29) is 24.6 Å². The van der Waals surface area contributed by atoms with Gasteiger partial charge in [-0.05, 0) is 24.8 Å². The van der Waals surface area contributed by atoms with E-state index in [1.807, 2.05) is 13.8 Å². The van der Waals surface area contributed by atoms with Crippen LogP contribution in [0.3, 0.4) is 0 Å². The molecule has 0 aliphatic rings. The Labute approximate surface area is 124 Å². The summed E-state index contributed by atoms with van der Waals surface area (Å²) in [6.07, 6.45) is 1.83.